The number of aryl methyl sites for hydroxylation is 2. The monoisotopic (exact) mass is 398 g/mol. The van der Waals surface area contributed by atoms with E-state index in [1.54, 1.807) is 12.1 Å². The standard InChI is InChI=1S/C23H23ClO4/c1-13-8-19(28-16-5-3-4-15(24)10-16)9-14(2)22(13)23-20(25)11-17-6-7-18(27-17)12-21(23)26/h3-5,8-10,17-18,25H,6-7,11-12H2,1-2H3/b23-20-/t17-,18+/m1/s1. The van der Waals surface area contributed by atoms with Crippen LogP contribution < -0.4 is 4.74 Å². The number of halogens is 1. The number of ether oxygens (including phenoxy) is 2. The van der Waals surface area contributed by atoms with Crippen LogP contribution in [0.5, 0.6) is 11.5 Å². The molecule has 0 unspecified atom stereocenters. The number of benzene rings is 2. The largest absolute Gasteiger partial charge is 0.511 e. The molecule has 2 aromatic rings. The number of allylic oxidation sites excluding steroid dienone is 1. The van der Waals surface area contributed by atoms with Crippen LogP contribution in [0.25, 0.3) is 5.57 Å². The summed E-state index contributed by atoms with van der Waals surface area (Å²) in [6.45, 7) is 3.87. The van der Waals surface area contributed by atoms with Crippen LogP contribution in [0.2, 0.25) is 5.02 Å². The predicted octanol–water partition coefficient (Wildman–Crippen LogP) is 5.93. The fraction of sp³-hybridized carbons (Fsp3) is 0.348. The number of carbonyl (C=O) groups is 1. The van der Waals surface area contributed by atoms with E-state index in [4.69, 9.17) is 21.1 Å². The summed E-state index contributed by atoms with van der Waals surface area (Å²) in [5, 5.41) is 11.3. The first-order valence-corrected chi connectivity index (χ1v) is 9.94. The van der Waals surface area contributed by atoms with Crippen molar-refractivity contribution in [2.45, 2.75) is 51.7 Å². The van der Waals surface area contributed by atoms with Crippen LogP contribution in [-0.4, -0.2) is 23.1 Å². The summed E-state index contributed by atoms with van der Waals surface area (Å²) >= 11 is 6.03. The number of aliphatic hydroxyl groups excluding tert-OH is 1. The maximum absolute atomic E-state index is 12.9. The minimum Gasteiger partial charge on any atom is -0.511 e. The van der Waals surface area contributed by atoms with Crippen molar-refractivity contribution in [3.8, 4) is 11.5 Å². The number of aliphatic hydroxyl groups is 1. The number of Topliss-reactive ketones (excluding diaryl/α,β-unsaturated/α-hetero) is 1. The Morgan fingerprint density at radius 3 is 2.39 bits per heavy atom. The second-order valence-electron chi connectivity index (χ2n) is 7.60. The molecular weight excluding hydrogens is 376 g/mol. The Bertz CT molecular complexity index is 940. The zero-order valence-electron chi connectivity index (χ0n) is 16.0. The van der Waals surface area contributed by atoms with Gasteiger partial charge in [0.15, 0.2) is 5.78 Å². The SMILES string of the molecule is Cc1cc(Oc2cccc(Cl)c2)cc(C)c1/C1=C(\O)C[C@H]2CC[C@@H](CC1=O)O2. The van der Waals surface area contributed by atoms with Gasteiger partial charge in [0.1, 0.15) is 17.3 Å². The third kappa shape index (κ3) is 3.80. The summed E-state index contributed by atoms with van der Waals surface area (Å²) in [6.07, 6.45) is 2.43. The molecule has 28 heavy (non-hydrogen) atoms. The molecule has 2 aromatic carbocycles. The molecule has 0 aliphatic carbocycles. The quantitative estimate of drug-likeness (QED) is 0.696. The molecule has 2 aliphatic heterocycles. The Morgan fingerprint density at radius 2 is 1.71 bits per heavy atom. The zero-order chi connectivity index (χ0) is 19.8. The number of ketones is 1. The molecule has 2 aliphatic rings. The van der Waals surface area contributed by atoms with Gasteiger partial charge >= 0.3 is 0 Å². The zero-order valence-corrected chi connectivity index (χ0v) is 16.8. The van der Waals surface area contributed by atoms with E-state index in [1.807, 2.05) is 38.1 Å². The highest BCUT2D eigenvalue weighted by Gasteiger charge is 2.34. The minimum atomic E-state index is -0.0578. The Hall–Kier alpha value is -2.30. The van der Waals surface area contributed by atoms with Crippen molar-refractivity contribution in [3.63, 3.8) is 0 Å². The Balaban J connectivity index is 1.70. The fourth-order valence-corrected chi connectivity index (χ4v) is 4.38. The Kier molecular flexibility index (Phi) is 5.17. The number of carbonyl (C=O) groups excluding carboxylic acids is 1. The summed E-state index contributed by atoms with van der Waals surface area (Å²) in [6, 6.07) is 11.0. The van der Waals surface area contributed by atoms with Crippen molar-refractivity contribution in [2.75, 3.05) is 0 Å². The summed E-state index contributed by atoms with van der Waals surface area (Å²) in [7, 11) is 0. The molecule has 4 nitrogen and oxygen atoms in total. The van der Waals surface area contributed by atoms with Crippen molar-refractivity contribution in [3.05, 3.63) is 63.9 Å². The maximum Gasteiger partial charge on any atom is 0.169 e. The van der Waals surface area contributed by atoms with Gasteiger partial charge in [-0.15, -0.1) is 0 Å². The van der Waals surface area contributed by atoms with Crippen LogP contribution >= 0.6 is 11.6 Å². The third-order valence-corrected chi connectivity index (χ3v) is 5.62. The summed E-state index contributed by atoms with van der Waals surface area (Å²) in [5.41, 5.74) is 3.01. The van der Waals surface area contributed by atoms with Gasteiger partial charge < -0.3 is 14.6 Å². The first-order valence-electron chi connectivity index (χ1n) is 9.56. The van der Waals surface area contributed by atoms with E-state index in [0.29, 0.717) is 34.9 Å². The molecule has 0 spiro atoms. The van der Waals surface area contributed by atoms with Gasteiger partial charge in [-0.3, -0.25) is 4.79 Å². The van der Waals surface area contributed by atoms with E-state index in [0.717, 1.165) is 29.5 Å². The number of fused-ring (bicyclic) bond motifs is 2. The Labute approximate surface area is 169 Å². The lowest BCUT2D eigenvalue weighted by Crippen LogP contribution is -2.21. The normalized spacial score (nSPS) is 24.8. The molecule has 2 bridgehead atoms. The molecule has 2 atom stereocenters. The van der Waals surface area contributed by atoms with Gasteiger partial charge in [-0.1, -0.05) is 17.7 Å². The van der Waals surface area contributed by atoms with E-state index in [-0.39, 0.29) is 23.8 Å². The van der Waals surface area contributed by atoms with Crippen LogP contribution in [0.1, 0.15) is 42.4 Å². The van der Waals surface area contributed by atoms with Gasteiger partial charge in [0.25, 0.3) is 0 Å². The van der Waals surface area contributed by atoms with Gasteiger partial charge in [-0.2, -0.15) is 0 Å². The van der Waals surface area contributed by atoms with Crippen LogP contribution in [0, 0.1) is 13.8 Å². The Morgan fingerprint density at radius 1 is 1.04 bits per heavy atom. The van der Waals surface area contributed by atoms with Crippen molar-refractivity contribution in [1.29, 1.82) is 0 Å². The van der Waals surface area contributed by atoms with Gasteiger partial charge in [-0.25, -0.2) is 0 Å². The highest BCUT2D eigenvalue weighted by molar-refractivity contribution is 6.30. The average molecular weight is 399 g/mol. The third-order valence-electron chi connectivity index (χ3n) is 5.39. The highest BCUT2D eigenvalue weighted by atomic mass is 35.5. The van der Waals surface area contributed by atoms with Crippen LogP contribution in [0.4, 0.5) is 0 Å². The lowest BCUT2D eigenvalue weighted by Gasteiger charge is -2.22. The molecule has 0 aromatic heterocycles. The van der Waals surface area contributed by atoms with E-state index in [9.17, 15) is 9.90 Å². The van der Waals surface area contributed by atoms with Crippen molar-refractivity contribution in [1.82, 2.24) is 0 Å². The fourth-order valence-electron chi connectivity index (χ4n) is 4.20. The summed E-state index contributed by atoms with van der Waals surface area (Å²) in [5.74, 6) is 1.39. The van der Waals surface area contributed by atoms with E-state index in [1.165, 1.54) is 0 Å². The molecule has 1 N–H and O–H groups in total. The molecule has 0 amide bonds. The topological polar surface area (TPSA) is 55.8 Å². The molecule has 1 saturated heterocycles. The highest BCUT2D eigenvalue weighted by Crippen LogP contribution is 2.38. The molecule has 146 valence electrons. The maximum atomic E-state index is 12.9. The molecule has 4 rings (SSSR count). The molecule has 0 saturated carbocycles. The number of hydrogen-bond donors (Lipinski definition) is 1. The van der Waals surface area contributed by atoms with Crippen molar-refractivity contribution in [2.24, 2.45) is 0 Å². The second-order valence-corrected chi connectivity index (χ2v) is 8.04. The van der Waals surface area contributed by atoms with Crippen LogP contribution in [-0.2, 0) is 9.53 Å². The summed E-state index contributed by atoms with van der Waals surface area (Å²) in [4.78, 5) is 12.9. The first-order chi connectivity index (χ1) is 13.4. The van der Waals surface area contributed by atoms with E-state index >= 15 is 0 Å². The lowest BCUT2D eigenvalue weighted by atomic mass is 9.89. The molecule has 2 heterocycles. The van der Waals surface area contributed by atoms with Gasteiger partial charge in [0, 0.05) is 17.9 Å². The summed E-state index contributed by atoms with van der Waals surface area (Å²) < 4.78 is 11.8. The van der Waals surface area contributed by atoms with E-state index < -0.39 is 0 Å². The van der Waals surface area contributed by atoms with Gasteiger partial charge in [0.05, 0.1) is 17.8 Å². The van der Waals surface area contributed by atoms with Crippen LogP contribution in [0.15, 0.2) is 42.2 Å². The van der Waals surface area contributed by atoms with Crippen molar-refractivity contribution >= 4 is 23.0 Å². The minimum absolute atomic E-state index is 0.000789. The first kappa shape index (κ1) is 19.0. The van der Waals surface area contributed by atoms with Gasteiger partial charge in [-0.05, 0) is 73.7 Å². The second kappa shape index (κ2) is 7.61. The smallest absolute Gasteiger partial charge is 0.169 e. The lowest BCUT2D eigenvalue weighted by molar-refractivity contribution is -0.116. The predicted molar refractivity (Wildman–Crippen MR) is 109 cm³/mol. The van der Waals surface area contributed by atoms with Crippen LogP contribution in [0.3, 0.4) is 0 Å². The van der Waals surface area contributed by atoms with E-state index in [2.05, 4.69) is 0 Å². The van der Waals surface area contributed by atoms with Crippen molar-refractivity contribution < 1.29 is 19.4 Å². The van der Waals surface area contributed by atoms with Gasteiger partial charge in [0.2, 0.25) is 0 Å². The average Bonchev–Trinajstić information content (AvgIpc) is 3.05. The molecule has 5 heteroatoms. The molecule has 1 fully saturated rings. The number of rotatable bonds is 3. The molecular formula is C23H23ClO4. The number of hydrogen-bond acceptors (Lipinski definition) is 4. The molecule has 0 radical (unpaired) electrons.